The van der Waals surface area contributed by atoms with Crippen LogP contribution in [0.15, 0.2) is 41.1 Å². The van der Waals surface area contributed by atoms with Crippen LogP contribution in [0.1, 0.15) is 12.8 Å². The number of hydrogen-bond acceptors (Lipinski definition) is 4. The Kier molecular flexibility index (Phi) is 2.30. The molecule has 0 bridgehead atoms. The van der Waals surface area contributed by atoms with Gasteiger partial charge in [-0.1, -0.05) is 0 Å². The molecule has 1 fully saturated rings. The smallest absolute Gasteiger partial charge is 0.154 e. The molecule has 1 saturated carbocycles. The SMILES string of the molecule is c1coc(-c2cnc3ccc(NCC4CC4)nn23)c1. The molecule has 3 heterocycles. The molecule has 5 nitrogen and oxygen atoms in total. The lowest BCUT2D eigenvalue weighted by Crippen LogP contribution is -2.07. The summed E-state index contributed by atoms with van der Waals surface area (Å²) in [5.41, 5.74) is 1.69. The Balaban J connectivity index is 1.71. The molecule has 0 aromatic carbocycles. The summed E-state index contributed by atoms with van der Waals surface area (Å²) in [6, 6.07) is 7.71. The third-order valence-electron chi connectivity index (χ3n) is 3.40. The van der Waals surface area contributed by atoms with Crippen LogP contribution in [0.4, 0.5) is 5.82 Å². The molecule has 5 heteroatoms. The molecule has 1 aliphatic carbocycles. The van der Waals surface area contributed by atoms with Crippen molar-refractivity contribution < 1.29 is 4.42 Å². The van der Waals surface area contributed by atoms with E-state index in [4.69, 9.17) is 4.42 Å². The Morgan fingerprint density at radius 1 is 1.32 bits per heavy atom. The molecule has 0 atom stereocenters. The fourth-order valence-corrected chi connectivity index (χ4v) is 2.13. The third-order valence-corrected chi connectivity index (χ3v) is 3.40. The van der Waals surface area contributed by atoms with Crippen LogP contribution < -0.4 is 5.32 Å². The molecule has 0 unspecified atom stereocenters. The summed E-state index contributed by atoms with van der Waals surface area (Å²) >= 11 is 0. The second-order valence-electron chi connectivity index (χ2n) is 4.93. The van der Waals surface area contributed by atoms with Crippen molar-refractivity contribution >= 4 is 11.5 Å². The van der Waals surface area contributed by atoms with Crippen LogP contribution in [-0.2, 0) is 0 Å². The van der Waals surface area contributed by atoms with Crippen LogP contribution >= 0.6 is 0 Å². The van der Waals surface area contributed by atoms with Gasteiger partial charge in [0.2, 0.25) is 0 Å². The lowest BCUT2D eigenvalue weighted by atomic mass is 10.3. The number of fused-ring (bicyclic) bond motifs is 1. The normalized spacial score (nSPS) is 14.9. The van der Waals surface area contributed by atoms with Crippen molar-refractivity contribution in [2.45, 2.75) is 12.8 Å². The van der Waals surface area contributed by atoms with Crippen molar-refractivity contribution in [2.24, 2.45) is 5.92 Å². The number of rotatable bonds is 4. The molecular weight excluding hydrogens is 240 g/mol. The first-order valence-corrected chi connectivity index (χ1v) is 6.53. The van der Waals surface area contributed by atoms with E-state index in [1.54, 1.807) is 12.5 Å². The molecule has 0 radical (unpaired) electrons. The molecule has 0 amide bonds. The summed E-state index contributed by atoms with van der Waals surface area (Å²) in [5, 5.41) is 7.94. The number of nitrogens with one attached hydrogen (secondary N) is 1. The molecule has 0 aliphatic heterocycles. The lowest BCUT2D eigenvalue weighted by Gasteiger charge is -2.05. The number of hydrogen-bond donors (Lipinski definition) is 1. The largest absolute Gasteiger partial charge is 0.463 e. The quantitative estimate of drug-likeness (QED) is 0.777. The molecule has 96 valence electrons. The standard InChI is InChI=1S/C14H14N4O/c1-2-12(19-7-1)11-9-16-14-6-5-13(17-18(11)14)15-8-10-3-4-10/h1-2,5-7,9-10H,3-4,8H2,(H,15,17). The predicted octanol–water partition coefficient (Wildman–Crippen LogP) is 2.81. The molecule has 0 spiro atoms. The molecule has 1 aliphatic rings. The Hall–Kier alpha value is -2.30. The summed E-state index contributed by atoms with van der Waals surface area (Å²) in [6.07, 6.45) is 6.10. The van der Waals surface area contributed by atoms with Gasteiger partial charge < -0.3 is 9.73 Å². The van der Waals surface area contributed by atoms with Gasteiger partial charge in [-0.05, 0) is 43.0 Å². The molecule has 3 aromatic heterocycles. The number of nitrogens with zero attached hydrogens (tertiary/aromatic N) is 3. The zero-order chi connectivity index (χ0) is 12.7. The van der Waals surface area contributed by atoms with Gasteiger partial charge in [0.15, 0.2) is 11.4 Å². The van der Waals surface area contributed by atoms with Crippen LogP contribution in [0, 0.1) is 5.92 Å². The van der Waals surface area contributed by atoms with Crippen molar-refractivity contribution in [1.29, 1.82) is 0 Å². The fraction of sp³-hybridized carbons (Fsp3) is 0.286. The van der Waals surface area contributed by atoms with Gasteiger partial charge in [0.05, 0.1) is 12.5 Å². The molecule has 1 N–H and O–H groups in total. The van der Waals surface area contributed by atoms with Crippen molar-refractivity contribution in [3.8, 4) is 11.5 Å². The van der Waals surface area contributed by atoms with Gasteiger partial charge in [0, 0.05) is 6.54 Å². The highest BCUT2D eigenvalue weighted by atomic mass is 16.3. The van der Waals surface area contributed by atoms with Crippen molar-refractivity contribution in [1.82, 2.24) is 14.6 Å². The summed E-state index contributed by atoms with van der Waals surface area (Å²) in [5.74, 6) is 2.48. The summed E-state index contributed by atoms with van der Waals surface area (Å²) in [6.45, 7) is 1.00. The van der Waals surface area contributed by atoms with Crippen LogP contribution in [0.3, 0.4) is 0 Å². The highest BCUT2D eigenvalue weighted by Crippen LogP contribution is 2.28. The highest BCUT2D eigenvalue weighted by molar-refractivity contribution is 5.58. The van der Waals surface area contributed by atoms with Crippen molar-refractivity contribution in [2.75, 3.05) is 11.9 Å². The van der Waals surface area contributed by atoms with Crippen LogP contribution in [0.2, 0.25) is 0 Å². The van der Waals surface area contributed by atoms with Crippen molar-refractivity contribution in [3.05, 3.63) is 36.7 Å². The third kappa shape index (κ3) is 1.97. The van der Waals surface area contributed by atoms with Gasteiger partial charge in [-0.2, -0.15) is 0 Å². The van der Waals surface area contributed by atoms with E-state index in [9.17, 15) is 0 Å². The Morgan fingerprint density at radius 3 is 3.05 bits per heavy atom. The second kappa shape index (κ2) is 4.12. The van der Waals surface area contributed by atoms with Crippen LogP contribution in [0.5, 0.6) is 0 Å². The number of anilines is 1. The van der Waals surface area contributed by atoms with E-state index in [0.717, 1.165) is 35.4 Å². The van der Waals surface area contributed by atoms with Gasteiger partial charge in [-0.15, -0.1) is 5.10 Å². The van der Waals surface area contributed by atoms with E-state index in [1.807, 2.05) is 28.8 Å². The summed E-state index contributed by atoms with van der Waals surface area (Å²) in [7, 11) is 0. The highest BCUT2D eigenvalue weighted by Gasteiger charge is 2.20. The minimum absolute atomic E-state index is 0.777. The maximum absolute atomic E-state index is 5.41. The zero-order valence-electron chi connectivity index (χ0n) is 10.4. The lowest BCUT2D eigenvalue weighted by molar-refractivity contribution is 0.578. The van der Waals surface area contributed by atoms with E-state index in [-0.39, 0.29) is 0 Å². The number of aromatic nitrogens is 3. The van der Waals surface area contributed by atoms with Gasteiger partial charge in [0.1, 0.15) is 11.5 Å². The summed E-state index contributed by atoms with van der Waals surface area (Å²) < 4.78 is 7.23. The van der Waals surface area contributed by atoms with E-state index < -0.39 is 0 Å². The number of furan rings is 1. The van der Waals surface area contributed by atoms with Gasteiger partial charge in [0.25, 0.3) is 0 Å². The Morgan fingerprint density at radius 2 is 2.26 bits per heavy atom. The van der Waals surface area contributed by atoms with E-state index >= 15 is 0 Å². The van der Waals surface area contributed by atoms with Gasteiger partial charge in [-0.25, -0.2) is 9.50 Å². The van der Waals surface area contributed by atoms with Gasteiger partial charge in [-0.3, -0.25) is 0 Å². The fourth-order valence-electron chi connectivity index (χ4n) is 2.13. The minimum atomic E-state index is 0.777. The monoisotopic (exact) mass is 254 g/mol. The van der Waals surface area contributed by atoms with E-state index in [1.165, 1.54) is 12.8 Å². The van der Waals surface area contributed by atoms with E-state index in [0.29, 0.717) is 0 Å². The maximum atomic E-state index is 5.41. The summed E-state index contributed by atoms with van der Waals surface area (Å²) in [4.78, 5) is 4.34. The van der Waals surface area contributed by atoms with Crippen LogP contribution in [-0.4, -0.2) is 21.1 Å². The predicted molar refractivity (Wildman–Crippen MR) is 71.9 cm³/mol. The average Bonchev–Trinajstić information content (AvgIpc) is 2.94. The average molecular weight is 254 g/mol. The molecular formula is C14H14N4O. The second-order valence-corrected chi connectivity index (χ2v) is 4.93. The topological polar surface area (TPSA) is 55.4 Å². The molecule has 19 heavy (non-hydrogen) atoms. The Bertz CT molecular complexity index is 697. The maximum Gasteiger partial charge on any atom is 0.154 e. The first kappa shape index (κ1) is 10.6. The Labute approximate surface area is 110 Å². The minimum Gasteiger partial charge on any atom is -0.463 e. The first-order chi connectivity index (χ1) is 9.40. The molecule has 4 rings (SSSR count). The van der Waals surface area contributed by atoms with Crippen LogP contribution in [0.25, 0.3) is 17.1 Å². The molecule has 3 aromatic rings. The first-order valence-electron chi connectivity index (χ1n) is 6.53. The van der Waals surface area contributed by atoms with Crippen molar-refractivity contribution in [3.63, 3.8) is 0 Å². The zero-order valence-corrected chi connectivity index (χ0v) is 10.4. The molecule has 0 saturated heterocycles. The van der Waals surface area contributed by atoms with E-state index in [2.05, 4.69) is 15.4 Å². The van der Waals surface area contributed by atoms with Gasteiger partial charge >= 0.3 is 0 Å². The number of imidazole rings is 1.